The van der Waals surface area contributed by atoms with Crippen molar-refractivity contribution in [2.75, 3.05) is 11.9 Å². The molecule has 1 atom stereocenters. The van der Waals surface area contributed by atoms with Gasteiger partial charge in [0.2, 0.25) is 0 Å². The molecular weight excluding hydrogens is 237 g/mol. The second-order valence-electron chi connectivity index (χ2n) is 2.90. The largest absolute Gasteiger partial charge is 0.383 e. The van der Waals surface area contributed by atoms with Crippen LogP contribution in [0.1, 0.15) is 10.4 Å². The van der Waals surface area contributed by atoms with Gasteiger partial charge in [-0.15, -0.1) is 0 Å². The lowest BCUT2D eigenvalue weighted by Gasteiger charge is -2.20. The van der Waals surface area contributed by atoms with Crippen molar-refractivity contribution < 1.29 is 9.18 Å². The number of alkyl halides is 1. The molecule has 2 nitrogen and oxygen atoms in total. The lowest BCUT2D eigenvalue weighted by atomic mass is 10.0. The zero-order chi connectivity index (χ0) is 9.42. The van der Waals surface area contributed by atoms with E-state index in [1.54, 1.807) is 0 Å². The first kappa shape index (κ1) is 8.69. The summed E-state index contributed by atoms with van der Waals surface area (Å²) in [6.07, 6.45) is 0. The average molecular weight is 244 g/mol. The van der Waals surface area contributed by atoms with Gasteiger partial charge < -0.3 is 5.32 Å². The topological polar surface area (TPSA) is 29.1 Å². The number of fused-ring (bicyclic) bond motifs is 1. The lowest BCUT2D eigenvalue weighted by molar-refractivity contribution is 0.0992. The lowest BCUT2D eigenvalue weighted by Crippen LogP contribution is -2.29. The Labute approximate surface area is 83.3 Å². The molecule has 1 aliphatic heterocycles. The van der Waals surface area contributed by atoms with Gasteiger partial charge >= 0.3 is 0 Å². The molecule has 0 saturated heterocycles. The third-order valence-corrected chi connectivity index (χ3v) is 2.74. The molecule has 0 amide bonds. The first-order valence-corrected chi connectivity index (χ1v) is 4.82. The highest BCUT2D eigenvalue weighted by Gasteiger charge is 2.24. The van der Waals surface area contributed by atoms with Crippen molar-refractivity contribution in [3.8, 4) is 0 Å². The minimum Gasteiger partial charge on any atom is -0.383 e. The maximum Gasteiger partial charge on any atom is 0.180 e. The van der Waals surface area contributed by atoms with Crippen molar-refractivity contribution in [2.24, 2.45) is 0 Å². The number of Topliss-reactive ketones (excluding diaryl/α,β-unsaturated/α-hetero) is 1. The molecule has 0 fully saturated rings. The van der Waals surface area contributed by atoms with E-state index in [4.69, 9.17) is 0 Å². The number of rotatable bonds is 0. The average Bonchev–Trinajstić information content (AvgIpc) is 2.12. The Balaban J connectivity index is 2.50. The van der Waals surface area contributed by atoms with Crippen LogP contribution in [0.15, 0.2) is 18.2 Å². The number of hydrogen-bond acceptors (Lipinski definition) is 2. The number of nitrogens with one attached hydrogen (secondary N) is 1. The fourth-order valence-electron chi connectivity index (χ4n) is 1.34. The Kier molecular flexibility index (Phi) is 2.07. The van der Waals surface area contributed by atoms with Crippen molar-refractivity contribution >= 4 is 27.4 Å². The molecular formula is C9H7BrFNO. The van der Waals surface area contributed by atoms with Gasteiger partial charge in [-0.2, -0.15) is 0 Å². The molecule has 1 aliphatic rings. The van der Waals surface area contributed by atoms with Crippen molar-refractivity contribution in [3.05, 3.63) is 29.6 Å². The van der Waals surface area contributed by atoms with E-state index in [-0.39, 0.29) is 16.4 Å². The molecule has 1 aromatic rings. The fourth-order valence-corrected chi connectivity index (χ4v) is 1.75. The summed E-state index contributed by atoms with van der Waals surface area (Å²) in [4.78, 5) is 11.3. The van der Waals surface area contributed by atoms with Crippen LogP contribution < -0.4 is 5.32 Å². The van der Waals surface area contributed by atoms with E-state index in [9.17, 15) is 9.18 Å². The van der Waals surface area contributed by atoms with Crippen molar-refractivity contribution in [3.63, 3.8) is 0 Å². The van der Waals surface area contributed by atoms with E-state index in [0.29, 0.717) is 17.8 Å². The first-order valence-electron chi connectivity index (χ1n) is 3.90. The number of carbonyl (C=O) groups is 1. The van der Waals surface area contributed by atoms with Crippen LogP contribution in [0.4, 0.5) is 10.1 Å². The summed E-state index contributed by atoms with van der Waals surface area (Å²) in [5, 5.41) is 2.98. The summed E-state index contributed by atoms with van der Waals surface area (Å²) >= 11 is 3.24. The molecule has 68 valence electrons. The number of hydrogen-bond donors (Lipinski definition) is 1. The molecule has 1 heterocycles. The van der Waals surface area contributed by atoms with Crippen LogP contribution in [-0.2, 0) is 0 Å². The maximum absolute atomic E-state index is 12.8. The highest BCUT2D eigenvalue weighted by atomic mass is 79.9. The van der Waals surface area contributed by atoms with Crippen LogP contribution in [-0.4, -0.2) is 17.2 Å². The summed E-state index contributed by atoms with van der Waals surface area (Å²) in [7, 11) is 0. The molecule has 1 aromatic carbocycles. The number of benzene rings is 1. The van der Waals surface area contributed by atoms with Gasteiger partial charge in [-0.3, -0.25) is 4.79 Å². The Morgan fingerprint density at radius 3 is 3.08 bits per heavy atom. The molecule has 0 aliphatic carbocycles. The summed E-state index contributed by atoms with van der Waals surface area (Å²) in [6, 6.07) is 4.14. The standard InChI is InChI=1S/C9H7BrFNO/c10-7-4-12-8-3-5(11)1-2-6(8)9(7)13/h1-3,7,12H,4H2. The zero-order valence-corrected chi connectivity index (χ0v) is 8.27. The SMILES string of the molecule is O=C1c2ccc(F)cc2NCC1Br. The molecule has 1 unspecified atom stereocenters. The number of halogens is 2. The normalized spacial score (nSPS) is 20.8. The van der Waals surface area contributed by atoms with Crippen LogP contribution in [0.2, 0.25) is 0 Å². The Hall–Kier alpha value is -0.900. The second-order valence-corrected chi connectivity index (χ2v) is 4.01. The van der Waals surface area contributed by atoms with Gasteiger partial charge in [-0.05, 0) is 18.2 Å². The van der Waals surface area contributed by atoms with Gasteiger partial charge in [-0.1, -0.05) is 15.9 Å². The Bertz CT molecular complexity index is 367. The van der Waals surface area contributed by atoms with Crippen molar-refractivity contribution in [1.82, 2.24) is 0 Å². The summed E-state index contributed by atoms with van der Waals surface area (Å²) < 4.78 is 12.8. The van der Waals surface area contributed by atoms with Crippen LogP contribution in [0.5, 0.6) is 0 Å². The van der Waals surface area contributed by atoms with E-state index >= 15 is 0 Å². The van der Waals surface area contributed by atoms with E-state index in [2.05, 4.69) is 21.2 Å². The van der Waals surface area contributed by atoms with Crippen LogP contribution in [0.25, 0.3) is 0 Å². The Morgan fingerprint density at radius 2 is 2.31 bits per heavy atom. The monoisotopic (exact) mass is 243 g/mol. The van der Waals surface area contributed by atoms with E-state index in [1.165, 1.54) is 18.2 Å². The molecule has 0 radical (unpaired) electrons. The maximum atomic E-state index is 12.8. The van der Waals surface area contributed by atoms with E-state index in [0.717, 1.165) is 0 Å². The summed E-state index contributed by atoms with van der Waals surface area (Å²) in [6.45, 7) is 0.509. The van der Waals surface area contributed by atoms with Crippen molar-refractivity contribution in [1.29, 1.82) is 0 Å². The third kappa shape index (κ3) is 1.46. The molecule has 2 rings (SSSR count). The molecule has 0 saturated carbocycles. The van der Waals surface area contributed by atoms with Crippen LogP contribution in [0.3, 0.4) is 0 Å². The number of ketones is 1. The molecule has 0 spiro atoms. The van der Waals surface area contributed by atoms with Gasteiger partial charge in [0.15, 0.2) is 5.78 Å². The van der Waals surface area contributed by atoms with E-state index < -0.39 is 0 Å². The van der Waals surface area contributed by atoms with Gasteiger partial charge in [0.25, 0.3) is 0 Å². The first-order chi connectivity index (χ1) is 6.18. The molecule has 13 heavy (non-hydrogen) atoms. The quantitative estimate of drug-likeness (QED) is 0.709. The highest BCUT2D eigenvalue weighted by molar-refractivity contribution is 9.10. The van der Waals surface area contributed by atoms with Gasteiger partial charge in [-0.25, -0.2) is 4.39 Å². The zero-order valence-electron chi connectivity index (χ0n) is 6.68. The van der Waals surface area contributed by atoms with Crippen LogP contribution >= 0.6 is 15.9 Å². The fraction of sp³-hybridized carbons (Fsp3) is 0.222. The molecule has 1 N–H and O–H groups in total. The minimum absolute atomic E-state index is 0.00810. The predicted octanol–water partition coefficient (Wildman–Crippen LogP) is 2.20. The highest BCUT2D eigenvalue weighted by Crippen LogP contribution is 2.25. The van der Waals surface area contributed by atoms with Crippen molar-refractivity contribution in [2.45, 2.75) is 4.83 Å². The van der Waals surface area contributed by atoms with Gasteiger partial charge in [0, 0.05) is 17.8 Å². The second kappa shape index (κ2) is 3.10. The summed E-state index contributed by atoms with van der Waals surface area (Å²) in [5.41, 5.74) is 1.13. The minimum atomic E-state index is -0.327. The molecule has 0 bridgehead atoms. The molecule has 4 heteroatoms. The third-order valence-electron chi connectivity index (χ3n) is 2.00. The van der Waals surface area contributed by atoms with Crippen LogP contribution in [0, 0.1) is 5.82 Å². The number of carbonyl (C=O) groups excluding carboxylic acids is 1. The van der Waals surface area contributed by atoms with Gasteiger partial charge in [0.1, 0.15) is 5.82 Å². The number of anilines is 1. The van der Waals surface area contributed by atoms with E-state index in [1.807, 2.05) is 0 Å². The molecule has 0 aromatic heterocycles. The Morgan fingerprint density at radius 1 is 1.54 bits per heavy atom. The smallest absolute Gasteiger partial charge is 0.180 e. The predicted molar refractivity (Wildman–Crippen MR) is 51.9 cm³/mol. The summed E-state index contributed by atoms with van der Waals surface area (Å²) in [5.74, 6) is -0.319. The van der Waals surface area contributed by atoms with Gasteiger partial charge in [0.05, 0.1) is 4.83 Å².